The molecule has 0 spiro atoms. The number of fused-ring (bicyclic) bond motifs is 1. The van der Waals surface area contributed by atoms with Crippen LogP contribution in [-0.2, 0) is 20.6 Å². The van der Waals surface area contributed by atoms with Gasteiger partial charge in [-0.05, 0) is 42.0 Å². The number of nitrogens with one attached hydrogen (secondary N) is 1. The first-order chi connectivity index (χ1) is 16.3. The molecule has 4 rings (SSSR count). The molecular formula is C25H26Cl2N2O4S. The van der Waals surface area contributed by atoms with Gasteiger partial charge >= 0.3 is 0 Å². The molecule has 1 amide bonds. The highest BCUT2D eigenvalue weighted by atomic mass is 35.5. The van der Waals surface area contributed by atoms with Crippen molar-refractivity contribution in [1.82, 2.24) is 9.62 Å². The SMILES string of the molecule is O=C(NCCOc1cccc2ccccc12)C1CCN(S(=O)(=O)Cc2ccc(Cl)cc2Cl)CC1. The van der Waals surface area contributed by atoms with E-state index in [9.17, 15) is 13.2 Å². The van der Waals surface area contributed by atoms with E-state index in [0.717, 1.165) is 16.5 Å². The Morgan fingerprint density at radius 3 is 2.53 bits per heavy atom. The molecule has 1 saturated heterocycles. The van der Waals surface area contributed by atoms with Crippen molar-refractivity contribution < 1.29 is 17.9 Å². The number of rotatable bonds is 8. The van der Waals surface area contributed by atoms with Crippen LogP contribution in [0.2, 0.25) is 10.0 Å². The molecule has 1 fully saturated rings. The number of nitrogens with zero attached hydrogens (tertiary/aromatic N) is 1. The minimum absolute atomic E-state index is 0.0701. The number of carbonyl (C=O) groups excluding carboxylic acids is 1. The summed E-state index contributed by atoms with van der Waals surface area (Å²) in [6.07, 6.45) is 0.952. The topological polar surface area (TPSA) is 75.7 Å². The lowest BCUT2D eigenvalue weighted by Crippen LogP contribution is -2.44. The Hall–Kier alpha value is -2.32. The van der Waals surface area contributed by atoms with Gasteiger partial charge in [0.2, 0.25) is 15.9 Å². The van der Waals surface area contributed by atoms with Crippen LogP contribution in [0.1, 0.15) is 18.4 Å². The summed E-state index contributed by atoms with van der Waals surface area (Å²) in [5, 5.41) is 5.84. The molecule has 0 saturated carbocycles. The molecule has 0 aromatic heterocycles. The van der Waals surface area contributed by atoms with Crippen molar-refractivity contribution in [2.24, 2.45) is 5.92 Å². The molecule has 3 aromatic rings. The molecule has 1 heterocycles. The number of amides is 1. The third-order valence-electron chi connectivity index (χ3n) is 5.98. The second-order valence-electron chi connectivity index (χ2n) is 8.28. The fraction of sp³-hybridized carbons (Fsp3) is 0.320. The van der Waals surface area contributed by atoms with Gasteiger partial charge in [-0.2, -0.15) is 0 Å². The van der Waals surface area contributed by atoms with Crippen molar-refractivity contribution in [1.29, 1.82) is 0 Å². The molecule has 34 heavy (non-hydrogen) atoms. The molecular weight excluding hydrogens is 495 g/mol. The Morgan fingerprint density at radius 1 is 1.03 bits per heavy atom. The number of piperidine rings is 1. The molecule has 0 atom stereocenters. The van der Waals surface area contributed by atoms with Crippen LogP contribution in [0.25, 0.3) is 10.8 Å². The Morgan fingerprint density at radius 2 is 1.76 bits per heavy atom. The van der Waals surface area contributed by atoms with E-state index in [2.05, 4.69) is 5.32 Å². The van der Waals surface area contributed by atoms with Gasteiger partial charge in [-0.15, -0.1) is 0 Å². The lowest BCUT2D eigenvalue weighted by atomic mass is 9.97. The summed E-state index contributed by atoms with van der Waals surface area (Å²) in [4.78, 5) is 12.6. The average molecular weight is 521 g/mol. The van der Waals surface area contributed by atoms with Crippen LogP contribution in [0.4, 0.5) is 0 Å². The maximum absolute atomic E-state index is 12.8. The summed E-state index contributed by atoms with van der Waals surface area (Å²) in [6.45, 7) is 1.35. The first-order valence-electron chi connectivity index (χ1n) is 11.1. The smallest absolute Gasteiger partial charge is 0.223 e. The molecule has 0 radical (unpaired) electrons. The van der Waals surface area contributed by atoms with Crippen molar-refractivity contribution in [2.45, 2.75) is 18.6 Å². The molecule has 0 unspecified atom stereocenters. The Kier molecular flexibility index (Phi) is 7.99. The molecule has 0 bridgehead atoms. The second-order valence-corrected chi connectivity index (χ2v) is 11.1. The molecule has 1 aliphatic rings. The fourth-order valence-electron chi connectivity index (χ4n) is 4.12. The van der Waals surface area contributed by atoms with Crippen LogP contribution in [0.15, 0.2) is 60.7 Å². The third-order valence-corrected chi connectivity index (χ3v) is 8.39. The summed E-state index contributed by atoms with van der Waals surface area (Å²) in [6, 6.07) is 18.7. The van der Waals surface area contributed by atoms with E-state index in [1.807, 2.05) is 42.5 Å². The summed E-state index contributed by atoms with van der Waals surface area (Å²) < 4.78 is 33.0. The van der Waals surface area contributed by atoms with Gasteiger partial charge in [0.05, 0.1) is 12.3 Å². The third kappa shape index (κ3) is 6.02. The maximum Gasteiger partial charge on any atom is 0.223 e. The minimum Gasteiger partial charge on any atom is -0.491 e. The summed E-state index contributed by atoms with van der Waals surface area (Å²) in [5.41, 5.74) is 0.511. The summed E-state index contributed by atoms with van der Waals surface area (Å²) in [5.74, 6) is 0.305. The number of sulfonamides is 1. The lowest BCUT2D eigenvalue weighted by molar-refractivity contribution is -0.126. The van der Waals surface area contributed by atoms with Gasteiger partial charge in [-0.3, -0.25) is 4.79 Å². The predicted molar refractivity (Wildman–Crippen MR) is 136 cm³/mol. The number of benzene rings is 3. The molecule has 9 heteroatoms. The van der Waals surface area contributed by atoms with E-state index in [1.54, 1.807) is 12.1 Å². The van der Waals surface area contributed by atoms with E-state index in [1.165, 1.54) is 10.4 Å². The van der Waals surface area contributed by atoms with Crippen LogP contribution in [0.5, 0.6) is 5.75 Å². The number of carbonyl (C=O) groups is 1. The van der Waals surface area contributed by atoms with Gasteiger partial charge in [0, 0.05) is 34.4 Å². The first kappa shape index (κ1) is 24.8. The lowest BCUT2D eigenvalue weighted by Gasteiger charge is -2.30. The van der Waals surface area contributed by atoms with E-state index >= 15 is 0 Å². The zero-order valence-electron chi connectivity index (χ0n) is 18.5. The van der Waals surface area contributed by atoms with Crippen molar-refractivity contribution in [3.63, 3.8) is 0 Å². The highest BCUT2D eigenvalue weighted by Crippen LogP contribution is 2.27. The molecule has 0 aliphatic carbocycles. The number of halogens is 2. The van der Waals surface area contributed by atoms with Gasteiger partial charge in [0.1, 0.15) is 12.4 Å². The van der Waals surface area contributed by atoms with Crippen LogP contribution < -0.4 is 10.1 Å². The van der Waals surface area contributed by atoms with Crippen molar-refractivity contribution in [2.75, 3.05) is 26.2 Å². The highest BCUT2D eigenvalue weighted by molar-refractivity contribution is 7.88. The van der Waals surface area contributed by atoms with Gasteiger partial charge in [0.25, 0.3) is 0 Å². The minimum atomic E-state index is -3.54. The largest absolute Gasteiger partial charge is 0.491 e. The van der Waals surface area contributed by atoms with Gasteiger partial charge in [-0.25, -0.2) is 12.7 Å². The normalized spacial score (nSPS) is 15.4. The van der Waals surface area contributed by atoms with Crippen molar-refractivity contribution in [3.8, 4) is 5.75 Å². The maximum atomic E-state index is 12.8. The van der Waals surface area contributed by atoms with Gasteiger partial charge < -0.3 is 10.1 Å². The highest BCUT2D eigenvalue weighted by Gasteiger charge is 2.31. The van der Waals surface area contributed by atoms with E-state index < -0.39 is 10.0 Å². The monoisotopic (exact) mass is 520 g/mol. The van der Waals surface area contributed by atoms with Gasteiger partial charge in [-0.1, -0.05) is 65.7 Å². The van der Waals surface area contributed by atoms with Crippen LogP contribution in [-0.4, -0.2) is 44.9 Å². The van der Waals surface area contributed by atoms with Crippen molar-refractivity contribution in [3.05, 3.63) is 76.3 Å². The standard InChI is InChI=1S/C25H26Cl2N2O4S/c26-21-9-8-20(23(27)16-21)17-34(31,32)29-13-10-19(11-14-29)25(30)28-12-15-33-24-7-3-5-18-4-1-2-6-22(18)24/h1-9,16,19H,10-15,17H2,(H,28,30). The Labute approximate surface area is 209 Å². The number of hydrogen-bond donors (Lipinski definition) is 1. The van der Waals surface area contributed by atoms with Gasteiger partial charge in [0.15, 0.2) is 0 Å². The van der Waals surface area contributed by atoms with E-state index in [0.29, 0.717) is 54.7 Å². The predicted octanol–water partition coefficient (Wildman–Crippen LogP) is 4.88. The van der Waals surface area contributed by atoms with E-state index in [-0.39, 0.29) is 17.6 Å². The average Bonchev–Trinajstić information content (AvgIpc) is 2.83. The van der Waals surface area contributed by atoms with E-state index in [4.69, 9.17) is 27.9 Å². The molecule has 3 aromatic carbocycles. The Balaban J connectivity index is 1.23. The van der Waals surface area contributed by atoms with Crippen LogP contribution in [0, 0.1) is 5.92 Å². The fourth-order valence-corrected chi connectivity index (χ4v) is 6.27. The zero-order valence-corrected chi connectivity index (χ0v) is 20.9. The summed E-state index contributed by atoms with van der Waals surface area (Å²) in [7, 11) is -3.54. The molecule has 180 valence electrons. The zero-order chi connectivity index (χ0) is 24.1. The van der Waals surface area contributed by atoms with Crippen molar-refractivity contribution >= 4 is 49.9 Å². The Bertz CT molecular complexity index is 1270. The molecule has 1 N–H and O–H groups in total. The van der Waals surface area contributed by atoms with Crippen LogP contribution >= 0.6 is 23.2 Å². The second kappa shape index (κ2) is 11.0. The molecule has 6 nitrogen and oxygen atoms in total. The number of hydrogen-bond acceptors (Lipinski definition) is 4. The molecule has 1 aliphatic heterocycles. The van der Waals surface area contributed by atoms with Crippen LogP contribution in [0.3, 0.4) is 0 Å². The first-order valence-corrected chi connectivity index (χ1v) is 13.5. The number of ether oxygens (including phenoxy) is 1. The quantitative estimate of drug-likeness (QED) is 0.429. The summed E-state index contributed by atoms with van der Waals surface area (Å²) >= 11 is 12.0.